The van der Waals surface area contributed by atoms with Crippen LogP contribution in [0, 0.1) is 0 Å². The Balaban J connectivity index is 1.45. The summed E-state index contributed by atoms with van der Waals surface area (Å²) in [7, 11) is 0. The smallest absolute Gasteiger partial charge is 0.340 e. The normalized spacial score (nSPS) is 24.6. The van der Waals surface area contributed by atoms with Gasteiger partial charge in [-0.15, -0.1) is 0 Å². The van der Waals surface area contributed by atoms with Crippen molar-refractivity contribution < 1.29 is 34.0 Å². The maximum absolute atomic E-state index is 12.7. The van der Waals surface area contributed by atoms with Crippen molar-refractivity contribution in [3.63, 3.8) is 0 Å². The van der Waals surface area contributed by atoms with E-state index in [0.29, 0.717) is 12.0 Å². The molecule has 2 heterocycles. The lowest BCUT2D eigenvalue weighted by Crippen LogP contribution is -2.49. The quantitative estimate of drug-likeness (QED) is 0.328. The molecular weight excluding hydrogens is 414 g/mol. The Hall–Kier alpha value is -2.68. The number of H-pyrrole nitrogens is 1. The van der Waals surface area contributed by atoms with Crippen molar-refractivity contribution in [2.24, 2.45) is 0 Å². The minimum Gasteiger partial charge on any atom is -0.545 e. The van der Waals surface area contributed by atoms with Gasteiger partial charge < -0.3 is 34.2 Å². The minimum absolute atomic E-state index is 0.141. The maximum Gasteiger partial charge on any atom is 0.340 e. The van der Waals surface area contributed by atoms with Gasteiger partial charge in [-0.3, -0.25) is 0 Å². The average Bonchev–Trinajstić information content (AvgIpc) is 3.18. The van der Waals surface area contributed by atoms with Crippen LogP contribution in [0.5, 0.6) is 0 Å². The van der Waals surface area contributed by atoms with Crippen molar-refractivity contribution in [3.05, 3.63) is 48.2 Å². The van der Waals surface area contributed by atoms with Crippen LogP contribution in [0.15, 0.2) is 42.6 Å². The van der Waals surface area contributed by atoms with Crippen LogP contribution in [0.4, 0.5) is 0 Å². The van der Waals surface area contributed by atoms with Gasteiger partial charge in [-0.05, 0) is 45.3 Å². The summed E-state index contributed by atoms with van der Waals surface area (Å²) in [4.78, 5) is 26.1. The molecule has 174 valence electrons. The molecule has 1 saturated heterocycles. The molecule has 0 aliphatic carbocycles. The van der Waals surface area contributed by atoms with Gasteiger partial charge in [0.05, 0.1) is 23.7 Å². The Morgan fingerprint density at radius 2 is 2.12 bits per heavy atom. The first-order valence-electron chi connectivity index (χ1n) is 11.0. The number of nitrogens with one attached hydrogen (secondary N) is 1. The molecule has 0 radical (unpaired) electrons. The van der Waals surface area contributed by atoms with E-state index in [2.05, 4.69) is 4.98 Å². The number of hydrogen-bond acceptors (Lipinski definition) is 7. The standard InChI is InChI=1S/C24H31NO7/c1-15(9-5-3-4-6-12-22(27)28)30-24-20(26)13-21(16(2)31-24)32-23(29)18-14-25-19-11-8-7-10-17(18)19/h6-8,10-12,14-16,20-21,24-26H,3-5,9,13H2,1-2H3,(H,27,28)/p-1/b12-6+/t15-,16+,20-,21-,24-/m1/s1. The predicted molar refractivity (Wildman–Crippen MR) is 116 cm³/mol. The van der Waals surface area contributed by atoms with Crippen molar-refractivity contribution in [3.8, 4) is 0 Å². The van der Waals surface area contributed by atoms with Gasteiger partial charge in [0, 0.05) is 23.5 Å². The Labute approximate surface area is 187 Å². The number of carbonyl (C=O) groups excluding carboxylic acids is 2. The first kappa shape index (κ1) is 24.0. The number of aromatic amines is 1. The second-order valence-electron chi connectivity index (χ2n) is 8.16. The molecule has 0 unspecified atom stereocenters. The third kappa shape index (κ3) is 6.41. The van der Waals surface area contributed by atoms with Crippen LogP contribution in [0.25, 0.3) is 10.9 Å². The summed E-state index contributed by atoms with van der Waals surface area (Å²) in [5, 5.41) is 21.6. The molecule has 0 amide bonds. The number of carboxylic acid groups (broad SMARTS) is 1. The molecule has 1 aliphatic rings. The molecule has 8 nitrogen and oxygen atoms in total. The van der Waals surface area contributed by atoms with Gasteiger partial charge in [-0.25, -0.2) is 4.79 Å². The van der Waals surface area contributed by atoms with Crippen LogP contribution < -0.4 is 5.11 Å². The number of carboxylic acids is 1. The van der Waals surface area contributed by atoms with E-state index in [-0.39, 0.29) is 12.5 Å². The summed E-state index contributed by atoms with van der Waals surface area (Å²) in [6, 6.07) is 7.48. The topological polar surface area (TPSA) is 121 Å². The number of aliphatic hydroxyl groups is 1. The number of allylic oxidation sites excluding steroid dienone is 1. The highest BCUT2D eigenvalue weighted by atomic mass is 16.7. The molecule has 32 heavy (non-hydrogen) atoms. The fraction of sp³-hybridized carbons (Fsp3) is 0.500. The van der Waals surface area contributed by atoms with Crippen LogP contribution in [-0.4, -0.2) is 52.7 Å². The van der Waals surface area contributed by atoms with Crippen LogP contribution in [0.2, 0.25) is 0 Å². The Morgan fingerprint density at radius 1 is 1.34 bits per heavy atom. The van der Waals surface area contributed by atoms with Gasteiger partial charge in [0.15, 0.2) is 6.29 Å². The van der Waals surface area contributed by atoms with Crippen molar-refractivity contribution in [1.82, 2.24) is 4.98 Å². The van der Waals surface area contributed by atoms with Gasteiger partial charge >= 0.3 is 5.97 Å². The summed E-state index contributed by atoms with van der Waals surface area (Å²) in [5.74, 6) is -1.65. The number of esters is 1. The number of aliphatic hydroxyl groups excluding tert-OH is 1. The lowest BCUT2D eigenvalue weighted by Gasteiger charge is -2.38. The second-order valence-corrected chi connectivity index (χ2v) is 8.16. The van der Waals surface area contributed by atoms with E-state index in [0.717, 1.165) is 36.2 Å². The van der Waals surface area contributed by atoms with E-state index in [9.17, 15) is 19.8 Å². The lowest BCUT2D eigenvalue weighted by atomic mass is 10.0. The van der Waals surface area contributed by atoms with Gasteiger partial charge in [-0.1, -0.05) is 30.7 Å². The maximum atomic E-state index is 12.7. The molecule has 3 rings (SSSR count). The third-order valence-corrected chi connectivity index (χ3v) is 5.58. The monoisotopic (exact) mass is 444 g/mol. The molecule has 8 heteroatoms. The molecule has 1 aromatic carbocycles. The molecule has 5 atom stereocenters. The number of benzene rings is 1. The number of ether oxygens (including phenoxy) is 3. The molecule has 0 bridgehead atoms. The van der Waals surface area contributed by atoms with Gasteiger partial charge in [0.1, 0.15) is 12.2 Å². The summed E-state index contributed by atoms with van der Waals surface area (Å²) >= 11 is 0. The number of fused-ring (bicyclic) bond motifs is 1. The van der Waals surface area contributed by atoms with Crippen LogP contribution in [0.3, 0.4) is 0 Å². The number of rotatable bonds is 10. The van der Waals surface area contributed by atoms with Gasteiger partial charge in [0.25, 0.3) is 0 Å². The fourth-order valence-corrected chi connectivity index (χ4v) is 3.81. The molecule has 0 saturated carbocycles. The number of para-hydroxylation sites is 1. The minimum atomic E-state index is -1.19. The van der Waals surface area contributed by atoms with Crippen molar-refractivity contribution in [2.45, 2.75) is 76.7 Å². The largest absolute Gasteiger partial charge is 0.545 e. The molecule has 1 aromatic heterocycles. The van der Waals surface area contributed by atoms with Crippen LogP contribution in [-0.2, 0) is 19.0 Å². The highest BCUT2D eigenvalue weighted by molar-refractivity contribution is 6.04. The lowest BCUT2D eigenvalue weighted by molar-refractivity contribution is -0.297. The number of carbonyl (C=O) groups is 2. The van der Waals surface area contributed by atoms with E-state index in [4.69, 9.17) is 14.2 Å². The number of aliphatic carboxylic acids is 1. The molecule has 2 aromatic rings. The van der Waals surface area contributed by atoms with E-state index in [1.54, 1.807) is 19.2 Å². The Morgan fingerprint density at radius 3 is 2.91 bits per heavy atom. The first-order valence-corrected chi connectivity index (χ1v) is 11.0. The summed E-state index contributed by atoms with van der Waals surface area (Å²) in [6.45, 7) is 3.70. The highest BCUT2D eigenvalue weighted by Gasteiger charge is 2.38. The second kappa shape index (κ2) is 11.3. The van der Waals surface area contributed by atoms with E-state index in [1.807, 2.05) is 31.2 Å². The molecule has 1 aliphatic heterocycles. The zero-order valence-corrected chi connectivity index (χ0v) is 18.4. The van der Waals surface area contributed by atoms with Gasteiger partial charge in [0.2, 0.25) is 0 Å². The SMILES string of the molecule is C[C@H](CCCC/C=C/C(=O)[O-])O[C@@H]1O[C@@H](C)[C@H](OC(=O)c2c[nH]c3ccccc23)C[C@H]1O. The average molecular weight is 445 g/mol. The summed E-state index contributed by atoms with van der Waals surface area (Å²) < 4.78 is 17.3. The fourth-order valence-electron chi connectivity index (χ4n) is 3.81. The Bertz CT molecular complexity index is 937. The van der Waals surface area contributed by atoms with Crippen LogP contribution in [0.1, 0.15) is 56.3 Å². The van der Waals surface area contributed by atoms with E-state index in [1.165, 1.54) is 0 Å². The van der Waals surface area contributed by atoms with E-state index < -0.39 is 36.5 Å². The van der Waals surface area contributed by atoms with Crippen molar-refractivity contribution in [1.29, 1.82) is 0 Å². The van der Waals surface area contributed by atoms with Gasteiger partial charge in [-0.2, -0.15) is 0 Å². The molecule has 0 spiro atoms. The number of hydrogen-bond donors (Lipinski definition) is 2. The number of unbranched alkanes of at least 4 members (excludes halogenated alkanes) is 2. The van der Waals surface area contributed by atoms with Crippen molar-refractivity contribution in [2.75, 3.05) is 0 Å². The Kier molecular flexibility index (Phi) is 8.44. The van der Waals surface area contributed by atoms with Crippen LogP contribution >= 0.6 is 0 Å². The molecule has 2 N–H and O–H groups in total. The molecular formula is C24H30NO7-. The highest BCUT2D eigenvalue weighted by Crippen LogP contribution is 2.27. The zero-order chi connectivity index (χ0) is 23.1. The zero-order valence-electron chi connectivity index (χ0n) is 18.4. The first-order chi connectivity index (χ1) is 15.3. The van der Waals surface area contributed by atoms with E-state index >= 15 is 0 Å². The number of aromatic nitrogens is 1. The van der Waals surface area contributed by atoms with Crippen molar-refractivity contribution >= 4 is 22.8 Å². The summed E-state index contributed by atoms with van der Waals surface area (Å²) in [6.07, 6.45) is 4.68. The molecule has 1 fully saturated rings. The summed E-state index contributed by atoms with van der Waals surface area (Å²) in [5.41, 5.74) is 1.30. The predicted octanol–water partition coefficient (Wildman–Crippen LogP) is 2.46. The third-order valence-electron chi connectivity index (χ3n) is 5.58.